The highest BCUT2D eigenvalue weighted by Crippen LogP contribution is 2.30. The van der Waals surface area contributed by atoms with Crippen molar-refractivity contribution in [2.75, 3.05) is 6.54 Å². The van der Waals surface area contributed by atoms with Gasteiger partial charge in [0.15, 0.2) is 0 Å². The molecule has 4 nitrogen and oxygen atoms in total. The van der Waals surface area contributed by atoms with Gasteiger partial charge in [-0.2, -0.15) is 0 Å². The minimum Gasteiger partial charge on any atom is -0.374 e. The lowest BCUT2D eigenvalue weighted by molar-refractivity contribution is -0.0336. The van der Waals surface area contributed by atoms with Crippen LogP contribution in [0.5, 0.6) is 0 Å². The molecule has 1 heterocycles. The summed E-state index contributed by atoms with van der Waals surface area (Å²) < 4.78 is 0. The van der Waals surface area contributed by atoms with E-state index < -0.39 is 12.5 Å². The summed E-state index contributed by atoms with van der Waals surface area (Å²) in [6, 6.07) is -0.101. The van der Waals surface area contributed by atoms with Crippen molar-refractivity contribution in [1.29, 1.82) is 0 Å². The lowest BCUT2D eigenvalue weighted by Gasteiger charge is -2.20. The number of hydrogen-bond acceptors (Lipinski definition) is 4. The monoisotopic (exact) mass is 212 g/mol. The fraction of sp³-hybridized carbons (Fsp3) is 0.636. The summed E-state index contributed by atoms with van der Waals surface area (Å²) in [6.45, 7) is 8.20. The van der Waals surface area contributed by atoms with Gasteiger partial charge in [0.25, 0.3) is 0 Å². The van der Waals surface area contributed by atoms with Crippen LogP contribution < -0.4 is 5.73 Å². The molecular formula is C11H20N2O2. The van der Waals surface area contributed by atoms with Gasteiger partial charge in [0.1, 0.15) is 12.5 Å². The van der Waals surface area contributed by atoms with Crippen LogP contribution in [0.15, 0.2) is 23.8 Å². The first kappa shape index (κ1) is 12.4. The summed E-state index contributed by atoms with van der Waals surface area (Å²) in [5, 5.41) is 19.7. The number of likely N-dealkylation sites (tertiary alicyclic amines) is 1. The molecule has 1 aliphatic heterocycles. The second-order valence-electron chi connectivity index (χ2n) is 3.80. The van der Waals surface area contributed by atoms with Crippen molar-refractivity contribution in [1.82, 2.24) is 4.90 Å². The van der Waals surface area contributed by atoms with Crippen LogP contribution in [0, 0.1) is 0 Å². The first-order valence-corrected chi connectivity index (χ1v) is 5.31. The molecule has 1 rings (SSSR count). The number of rotatable bonds is 3. The number of likely N-dealkylation sites (N-methyl/N-ethyl adjacent to an activating group) is 1. The molecule has 3 atom stereocenters. The van der Waals surface area contributed by atoms with Gasteiger partial charge < -0.3 is 15.9 Å². The third-order valence-electron chi connectivity index (χ3n) is 2.82. The molecule has 0 aromatic rings. The lowest BCUT2D eigenvalue weighted by Crippen LogP contribution is -2.36. The SMILES string of the molecule is C=C1/C(=C\[C@H](N)CC)C(O)N(CC)[C@H]1O. The molecule has 0 aromatic carbocycles. The highest BCUT2D eigenvalue weighted by Gasteiger charge is 2.36. The van der Waals surface area contributed by atoms with E-state index >= 15 is 0 Å². The lowest BCUT2D eigenvalue weighted by atomic mass is 10.1. The third kappa shape index (κ3) is 2.29. The Morgan fingerprint density at radius 3 is 2.47 bits per heavy atom. The number of hydrogen-bond donors (Lipinski definition) is 3. The zero-order chi connectivity index (χ0) is 11.6. The van der Waals surface area contributed by atoms with Crippen LogP contribution in [0.25, 0.3) is 0 Å². The molecule has 1 unspecified atom stereocenters. The summed E-state index contributed by atoms with van der Waals surface area (Å²) in [5.41, 5.74) is 6.98. The Hall–Kier alpha value is -0.680. The largest absolute Gasteiger partial charge is 0.374 e. The smallest absolute Gasteiger partial charge is 0.135 e. The van der Waals surface area contributed by atoms with E-state index in [1.807, 2.05) is 13.8 Å². The van der Waals surface area contributed by atoms with E-state index in [2.05, 4.69) is 6.58 Å². The fourth-order valence-electron chi connectivity index (χ4n) is 1.71. The number of aliphatic hydroxyl groups is 2. The Morgan fingerprint density at radius 2 is 2.07 bits per heavy atom. The minimum atomic E-state index is -0.791. The molecule has 0 radical (unpaired) electrons. The topological polar surface area (TPSA) is 69.7 Å². The van der Waals surface area contributed by atoms with E-state index in [9.17, 15) is 10.2 Å². The van der Waals surface area contributed by atoms with Crippen LogP contribution in [0.3, 0.4) is 0 Å². The first-order chi connectivity index (χ1) is 7.02. The standard InChI is InChI=1S/C11H20N2O2/c1-4-8(12)6-9-7(3)10(14)13(5-2)11(9)15/h6,8,10-11,14-15H,3-5,12H2,1-2H3/b9-6+/t8-,10+,11?/m1/s1. The van der Waals surface area contributed by atoms with Crippen molar-refractivity contribution in [3.8, 4) is 0 Å². The zero-order valence-electron chi connectivity index (χ0n) is 9.35. The summed E-state index contributed by atoms with van der Waals surface area (Å²) in [7, 11) is 0. The predicted octanol–water partition coefficient (Wildman–Crippen LogP) is 0.179. The van der Waals surface area contributed by atoms with Crippen molar-refractivity contribution >= 4 is 0 Å². The van der Waals surface area contributed by atoms with Crippen molar-refractivity contribution in [3.63, 3.8) is 0 Å². The van der Waals surface area contributed by atoms with Crippen molar-refractivity contribution in [3.05, 3.63) is 23.8 Å². The molecule has 1 fully saturated rings. The Morgan fingerprint density at radius 1 is 1.47 bits per heavy atom. The Kier molecular flexibility index (Phi) is 4.04. The van der Waals surface area contributed by atoms with Crippen LogP contribution in [0.1, 0.15) is 20.3 Å². The van der Waals surface area contributed by atoms with Crippen molar-refractivity contribution in [2.24, 2.45) is 5.73 Å². The Balaban J connectivity index is 2.91. The maximum Gasteiger partial charge on any atom is 0.135 e. The van der Waals surface area contributed by atoms with Gasteiger partial charge in [-0.3, -0.25) is 0 Å². The Labute approximate surface area is 90.7 Å². The summed E-state index contributed by atoms with van der Waals surface area (Å²) in [6.07, 6.45) is 1.01. The number of aliphatic hydroxyl groups excluding tert-OH is 2. The molecule has 1 aliphatic rings. The van der Waals surface area contributed by atoms with E-state index in [0.29, 0.717) is 17.7 Å². The molecule has 0 aromatic heterocycles. The van der Waals surface area contributed by atoms with Crippen molar-refractivity contribution < 1.29 is 10.2 Å². The van der Waals surface area contributed by atoms with Gasteiger partial charge in [0, 0.05) is 12.6 Å². The maximum atomic E-state index is 9.92. The first-order valence-electron chi connectivity index (χ1n) is 5.31. The van der Waals surface area contributed by atoms with Gasteiger partial charge in [0.2, 0.25) is 0 Å². The molecule has 15 heavy (non-hydrogen) atoms. The molecule has 0 saturated carbocycles. The van der Waals surface area contributed by atoms with E-state index in [1.54, 1.807) is 11.0 Å². The summed E-state index contributed by atoms with van der Waals surface area (Å²) in [5.74, 6) is 0. The van der Waals surface area contributed by atoms with E-state index in [0.717, 1.165) is 6.42 Å². The molecular weight excluding hydrogens is 192 g/mol. The van der Waals surface area contributed by atoms with Gasteiger partial charge in [-0.15, -0.1) is 0 Å². The van der Waals surface area contributed by atoms with Crippen LogP contribution in [0.4, 0.5) is 0 Å². The molecule has 1 saturated heterocycles. The van der Waals surface area contributed by atoms with Gasteiger partial charge >= 0.3 is 0 Å². The van der Waals surface area contributed by atoms with Gasteiger partial charge in [-0.1, -0.05) is 26.5 Å². The van der Waals surface area contributed by atoms with Crippen LogP contribution in [-0.4, -0.2) is 40.2 Å². The van der Waals surface area contributed by atoms with E-state index in [1.165, 1.54) is 0 Å². The van der Waals surface area contributed by atoms with Crippen LogP contribution in [0.2, 0.25) is 0 Å². The number of nitrogens with two attached hydrogens (primary N) is 1. The van der Waals surface area contributed by atoms with E-state index in [4.69, 9.17) is 5.73 Å². The molecule has 0 amide bonds. The average molecular weight is 212 g/mol. The maximum absolute atomic E-state index is 9.92. The van der Waals surface area contributed by atoms with Crippen LogP contribution >= 0.6 is 0 Å². The van der Waals surface area contributed by atoms with Gasteiger partial charge in [-0.05, 0) is 17.6 Å². The predicted molar refractivity (Wildman–Crippen MR) is 59.9 cm³/mol. The second-order valence-corrected chi connectivity index (χ2v) is 3.80. The minimum absolute atomic E-state index is 0.101. The van der Waals surface area contributed by atoms with E-state index in [-0.39, 0.29) is 6.04 Å². The molecule has 0 spiro atoms. The molecule has 0 bridgehead atoms. The molecule has 86 valence electrons. The van der Waals surface area contributed by atoms with Gasteiger partial charge in [-0.25, -0.2) is 4.90 Å². The van der Waals surface area contributed by atoms with Crippen molar-refractivity contribution in [2.45, 2.75) is 38.8 Å². The third-order valence-corrected chi connectivity index (χ3v) is 2.82. The highest BCUT2D eigenvalue weighted by atomic mass is 16.3. The molecule has 4 N–H and O–H groups in total. The quantitative estimate of drug-likeness (QED) is 0.624. The normalized spacial score (nSPS) is 32.6. The Bertz CT molecular complexity index is 276. The average Bonchev–Trinajstić information content (AvgIpc) is 2.42. The fourth-order valence-corrected chi connectivity index (χ4v) is 1.71. The van der Waals surface area contributed by atoms with Crippen LogP contribution in [-0.2, 0) is 0 Å². The number of nitrogens with zero attached hydrogens (tertiary/aromatic N) is 1. The molecule has 0 aliphatic carbocycles. The zero-order valence-corrected chi connectivity index (χ0v) is 9.35. The highest BCUT2D eigenvalue weighted by molar-refractivity contribution is 5.39. The summed E-state index contributed by atoms with van der Waals surface area (Å²) in [4.78, 5) is 1.57. The summed E-state index contributed by atoms with van der Waals surface area (Å²) >= 11 is 0. The second kappa shape index (κ2) is 4.90. The molecule has 4 heteroatoms. The van der Waals surface area contributed by atoms with Gasteiger partial charge in [0.05, 0.1) is 0 Å².